The Morgan fingerprint density at radius 1 is 0.391 bits per heavy atom. The highest BCUT2D eigenvalue weighted by Gasteiger charge is 2.48. The van der Waals surface area contributed by atoms with E-state index in [2.05, 4.69) is 128 Å². The van der Waals surface area contributed by atoms with Crippen molar-refractivity contribution in [2.24, 2.45) is 0 Å². The van der Waals surface area contributed by atoms with Gasteiger partial charge in [0.25, 0.3) is 0 Å². The molecule has 0 atom stereocenters. The third-order valence-corrected chi connectivity index (χ3v) is 9.42. The predicted octanol–water partition coefficient (Wildman–Crippen LogP) is 10.0. The number of nitrogens with zero attached hydrogens (tertiary/aromatic N) is 3. The fourth-order valence-corrected chi connectivity index (χ4v) is 7.38. The number of aryl methyl sites for hydroxylation is 1. The lowest BCUT2D eigenvalue weighted by molar-refractivity contribution is 0.765. The number of hydrogen-bond acceptors (Lipinski definition) is 3. The first-order chi connectivity index (χ1) is 22.7. The second-order valence-corrected chi connectivity index (χ2v) is 12.1. The predicted molar refractivity (Wildman–Crippen MR) is 187 cm³/mol. The zero-order valence-electron chi connectivity index (χ0n) is 25.4. The maximum atomic E-state index is 5.09. The van der Waals surface area contributed by atoms with Gasteiger partial charge in [0.2, 0.25) is 0 Å². The maximum Gasteiger partial charge on any atom is 0.164 e. The third-order valence-electron chi connectivity index (χ3n) is 9.42. The molecule has 0 bridgehead atoms. The van der Waals surface area contributed by atoms with Gasteiger partial charge in [-0.15, -0.1) is 0 Å². The quantitative estimate of drug-likeness (QED) is 0.206. The summed E-state index contributed by atoms with van der Waals surface area (Å²) in [5.74, 6) is 1.97. The summed E-state index contributed by atoms with van der Waals surface area (Å²) in [6.45, 7) is 2.19. The summed E-state index contributed by atoms with van der Waals surface area (Å²) >= 11 is 0. The monoisotopic (exact) mass is 587 g/mol. The Hall–Kier alpha value is -5.93. The fraction of sp³-hybridized carbons (Fsp3) is 0.0465. The van der Waals surface area contributed by atoms with Gasteiger partial charge in [-0.05, 0) is 57.5 Å². The van der Waals surface area contributed by atoms with Crippen LogP contribution in [0.25, 0.3) is 57.4 Å². The molecule has 0 amide bonds. The molecule has 0 N–H and O–H groups in total. The number of hydrogen-bond donors (Lipinski definition) is 0. The first kappa shape index (κ1) is 26.5. The van der Waals surface area contributed by atoms with Gasteiger partial charge in [-0.2, -0.15) is 0 Å². The van der Waals surface area contributed by atoms with Gasteiger partial charge >= 0.3 is 0 Å². The number of benzene rings is 6. The van der Waals surface area contributed by atoms with Crippen LogP contribution in [0.1, 0.15) is 38.9 Å². The van der Waals surface area contributed by atoms with Gasteiger partial charge in [0, 0.05) is 16.7 Å². The van der Waals surface area contributed by atoms with Crippen molar-refractivity contribution in [1.82, 2.24) is 15.0 Å². The molecule has 0 saturated carbocycles. The molecule has 0 saturated heterocycles. The van der Waals surface area contributed by atoms with E-state index in [0.29, 0.717) is 17.5 Å². The molecule has 3 heteroatoms. The van der Waals surface area contributed by atoms with Crippen molar-refractivity contribution in [3.05, 3.63) is 185 Å². The summed E-state index contributed by atoms with van der Waals surface area (Å²) in [5.41, 5.74) is 13.7. The molecule has 216 valence electrons. The smallest absolute Gasteiger partial charge is 0.164 e. The highest BCUT2D eigenvalue weighted by Crippen LogP contribution is 2.58. The Bertz CT molecular complexity index is 2220. The lowest BCUT2D eigenvalue weighted by Crippen LogP contribution is -2.30. The SMILES string of the molecule is Cc1ccc2c(c1)C1(c3cc(-c4nc(-c5ccccc5)nc(-c5ccccc5)n4)ccc3C=C2)c2ccccc2-c2ccccc21. The van der Waals surface area contributed by atoms with Gasteiger partial charge in [-0.3, -0.25) is 0 Å². The number of aromatic nitrogens is 3. The Morgan fingerprint density at radius 2 is 0.848 bits per heavy atom. The van der Waals surface area contributed by atoms with Gasteiger partial charge < -0.3 is 0 Å². The average Bonchev–Trinajstić information content (AvgIpc) is 3.34. The molecule has 6 aromatic carbocycles. The van der Waals surface area contributed by atoms with Gasteiger partial charge in [-0.25, -0.2) is 15.0 Å². The van der Waals surface area contributed by atoms with Crippen molar-refractivity contribution in [2.75, 3.05) is 0 Å². The molecule has 0 aliphatic heterocycles. The Balaban J connectivity index is 1.35. The zero-order valence-corrected chi connectivity index (χ0v) is 25.4. The van der Waals surface area contributed by atoms with E-state index < -0.39 is 5.41 Å². The van der Waals surface area contributed by atoms with Crippen molar-refractivity contribution in [2.45, 2.75) is 12.3 Å². The van der Waals surface area contributed by atoms with Crippen LogP contribution < -0.4 is 0 Å². The molecule has 1 heterocycles. The van der Waals surface area contributed by atoms with E-state index in [-0.39, 0.29) is 0 Å². The number of rotatable bonds is 3. The summed E-state index contributed by atoms with van der Waals surface area (Å²) < 4.78 is 0. The van der Waals surface area contributed by atoms with Crippen molar-refractivity contribution < 1.29 is 0 Å². The molecule has 1 aromatic heterocycles. The Kier molecular flexibility index (Phi) is 5.94. The lowest BCUT2D eigenvalue weighted by Gasteiger charge is -2.35. The number of fused-ring (bicyclic) bond motifs is 9. The molecular formula is C43H29N3. The van der Waals surface area contributed by atoms with Crippen molar-refractivity contribution >= 4 is 12.2 Å². The standard InChI is InChI=1S/C43H29N3/c1-28-20-21-29-22-23-30-24-25-33(42-45-40(31-12-4-2-5-13-31)44-41(46-42)32-14-6-3-7-15-32)27-39(30)43(38(29)26-28)36-18-10-8-16-34(36)35-17-9-11-19-37(35)43/h2-27H,1H3. The lowest BCUT2D eigenvalue weighted by atomic mass is 9.65. The van der Waals surface area contributed by atoms with Crippen LogP contribution in [-0.2, 0) is 5.41 Å². The topological polar surface area (TPSA) is 38.7 Å². The molecule has 0 unspecified atom stereocenters. The first-order valence-electron chi connectivity index (χ1n) is 15.7. The summed E-state index contributed by atoms with van der Waals surface area (Å²) in [6, 6.07) is 51.7. The molecule has 2 aliphatic carbocycles. The molecule has 9 rings (SSSR count). The highest BCUT2D eigenvalue weighted by molar-refractivity contribution is 5.92. The molecule has 3 nitrogen and oxygen atoms in total. The largest absolute Gasteiger partial charge is 0.208 e. The van der Waals surface area contributed by atoms with E-state index in [4.69, 9.17) is 15.0 Å². The van der Waals surface area contributed by atoms with Crippen LogP contribution in [-0.4, -0.2) is 15.0 Å². The molecular weight excluding hydrogens is 558 g/mol. The van der Waals surface area contributed by atoms with Crippen LogP contribution in [0.4, 0.5) is 0 Å². The second kappa shape index (κ2) is 10.3. The van der Waals surface area contributed by atoms with E-state index >= 15 is 0 Å². The van der Waals surface area contributed by atoms with E-state index in [1.807, 2.05) is 36.4 Å². The van der Waals surface area contributed by atoms with Crippen LogP contribution in [0, 0.1) is 6.92 Å². The average molecular weight is 588 g/mol. The van der Waals surface area contributed by atoms with E-state index in [9.17, 15) is 0 Å². The normalized spacial score (nSPS) is 13.4. The summed E-state index contributed by atoms with van der Waals surface area (Å²) in [5, 5.41) is 0. The van der Waals surface area contributed by atoms with Crippen LogP contribution in [0.2, 0.25) is 0 Å². The third kappa shape index (κ3) is 3.95. The highest BCUT2D eigenvalue weighted by atomic mass is 15.0. The molecule has 0 fully saturated rings. The first-order valence-corrected chi connectivity index (χ1v) is 15.7. The van der Waals surface area contributed by atoms with Crippen LogP contribution in [0.15, 0.2) is 146 Å². The minimum atomic E-state index is -0.513. The Morgan fingerprint density at radius 3 is 1.41 bits per heavy atom. The van der Waals surface area contributed by atoms with Crippen LogP contribution in [0.5, 0.6) is 0 Å². The molecule has 46 heavy (non-hydrogen) atoms. The minimum absolute atomic E-state index is 0.513. The second-order valence-electron chi connectivity index (χ2n) is 12.1. The maximum absolute atomic E-state index is 5.09. The summed E-state index contributed by atoms with van der Waals surface area (Å²) in [4.78, 5) is 15.1. The van der Waals surface area contributed by atoms with Crippen molar-refractivity contribution in [3.63, 3.8) is 0 Å². The molecule has 1 spiro atoms. The van der Waals surface area contributed by atoms with E-state index in [0.717, 1.165) is 16.7 Å². The Labute approximate surface area is 268 Å². The van der Waals surface area contributed by atoms with Crippen LogP contribution in [0.3, 0.4) is 0 Å². The molecule has 7 aromatic rings. The van der Waals surface area contributed by atoms with Gasteiger partial charge in [0.15, 0.2) is 17.5 Å². The molecule has 0 radical (unpaired) electrons. The summed E-state index contributed by atoms with van der Waals surface area (Å²) in [7, 11) is 0. The van der Waals surface area contributed by atoms with Crippen molar-refractivity contribution in [3.8, 4) is 45.3 Å². The van der Waals surface area contributed by atoms with E-state index in [1.165, 1.54) is 50.1 Å². The van der Waals surface area contributed by atoms with E-state index in [1.54, 1.807) is 0 Å². The summed E-state index contributed by atoms with van der Waals surface area (Å²) in [6.07, 6.45) is 4.54. The fourth-order valence-electron chi connectivity index (χ4n) is 7.38. The van der Waals surface area contributed by atoms with Gasteiger partial charge in [0.1, 0.15) is 0 Å². The van der Waals surface area contributed by atoms with Crippen LogP contribution >= 0.6 is 0 Å². The molecule has 2 aliphatic rings. The van der Waals surface area contributed by atoms with Gasteiger partial charge in [-0.1, -0.05) is 157 Å². The minimum Gasteiger partial charge on any atom is -0.208 e. The zero-order chi connectivity index (χ0) is 30.7. The van der Waals surface area contributed by atoms with Gasteiger partial charge in [0.05, 0.1) is 5.41 Å². The van der Waals surface area contributed by atoms with Crippen molar-refractivity contribution in [1.29, 1.82) is 0 Å².